The molecule has 2 rings (SSSR count). The first-order valence-corrected chi connectivity index (χ1v) is 4.33. The van der Waals surface area contributed by atoms with Gasteiger partial charge in [-0.25, -0.2) is 4.39 Å². The second-order valence-electron chi connectivity index (χ2n) is 2.96. The fraction of sp³-hybridized carbons (Fsp3) is 0.100. The SMILES string of the molecule is Nc1cc(COc2cccc(F)c2)on1. The Bertz CT molecular complexity index is 456. The van der Waals surface area contributed by atoms with Crippen molar-refractivity contribution in [1.82, 2.24) is 5.16 Å². The average molecular weight is 208 g/mol. The molecular formula is C10H9FN2O2. The molecule has 1 heterocycles. The number of nitrogen functional groups attached to an aromatic ring is 1. The van der Waals surface area contributed by atoms with E-state index in [1.807, 2.05) is 0 Å². The number of halogens is 1. The third-order valence-corrected chi connectivity index (χ3v) is 1.75. The van der Waals surface area contributed by atoms with E-state index in [1.54, 1.807) is 18.2 Å². The van der Waals surface area contributed by atoms with Gasteiger partial charge in [-0.05, 0) is 12.1 Å². The monoisotopic (exact) mass is 208 g/mol. The van der Waals surface area contributed by atoms with Gasteiger partial charge in [0.2, 0.25) is 0 Å². The minimum atomic E-state index is -0.343. The Morgan fingerprint density at radius 3 is 2.93 bits per heavy atom. The smallest absolute Gasteiger partial charge is 0.176 e. The lowest BCUT2D eigenvalue weighted by molar-refractivity contribution is 0.249. The molecule has 0 bridgehead atoms. The Morgan fingerprint density at radius 2 is 2.27 bits per heavy atom. The standard InChI is InChI=1S/C10H9FN2O2/c11-7-2-1-3-8(4-7)14-6-9-5-10(12)13-15-9/h1-5H,6H2,(H2,12,13). The van der Waals surface area contributed by atoms with Crippen molar-refractivity contribution in [1.29, 1.82) is 0 Å². The van der Waals surface area contributed by atoms with Crippen LogP contribution in [0.2, 0.25) is 0 Å². The molecule has 0 saturated heterocycles. The predicted molar refractivity (Wildman–Crippen MR) is 51.6 cm³/mol. The van der Waals surface area contributed by atoms with Gasteiger partial charge >= 0.3 is 0 Å². The Labute approximate surface area is 85.4 Å². The van der Waals surface area contributed by atoms with Gasteiger partial charge in [-0.2, -0.15) is 0 Å². The molecule has 2 N–H and O–H groups in total. The summed E-state index contributed by atoms with van der Waals surface area (Å²) in [6.07, 6.45) is 0. The summed E-state index contributed by atoms with van der Waals surface area (Å²) in [5, 5.41) is 3.50. The van der Waals surface area contributed by atoms with Gasteiger partial charge in [0.15, 0.2) is 11.6 Å². The molecule has 2 aromatic rings. The summed E-state index contributed by atoms with van der Waals surface area (Å²) in [5.41, 5.74) is 5.35. The van der Waals surface area contributed by atoms with Crippen molar-refractivity contribution >= 4 is 5.82 Å². The number of benzene rings is 1. The topological polar surface area (TPSA) is 61.3 Å². The summed E-state index contributed by atoms with van der Waals surface area (Å²) in [6.45, 7) is 0.174. The van der Waals surface area contributed by atoms with Crippen molar-refractivity contribution in [2.75, 3.05) is 5.73 Å². The van der Waals surface area contributed by atoms with Crippen LogP contribution < -0.4 is 10.5 Å². The summed E-state index contributed by atoms with van der Waals surface area (Å²) < 4.78 is 22.8. The van der Waals surface area contributed by atoms with Crippen LogP contribution in [-0.2, 0) is 6.61 Å². The van der Waals surface area contributed by atoms with E-state index in [-0.39, 0.29) is 12.4 Å². The van der Waals surface area contributed by atoms with E-state index in [9.17, 15) is 4.39 Å². The van der Waals surface area contributed by atoms with E-state index in [0.29, 0.717) is 17.3 Å². The van der Waals surface area contributed by atoms with Crippen molar-refractivity contribution < 1.29 is 13.7 Å². The molecule has 0 radical (unpaired) electrons. The molecule has 15 heavy (non-hydrogen) atoms. The van der Waals surface area contributed by atoms with Gasteiger partial charge in [0, 0.05) is 12.1 Å². The number of anilines is 1. The summed E-state index contributed by atoms with van der Waals surface area (Å²) in [4.78, 5) is 0. The van der Waals surface area contributed by atoms with Crippen LogP contribution in [0.5, 0.6) is 5.75 Å². The highest BCUT2D eigenvalue weighted by atomic mass is 19.1. The number of nitrogens with two attached hydrogens (primary N) is 1. The normalized spacial score (nSPS) is 10.2. The molecule has 0 aliphatic carbocycles. The Hall–Kier alpha value is -2.04. The number of aromatic nitrogens is 1. The molecule has 0 unspecified atom stereocenters. The fourth-order valence-electron chi connectivity index (χ4n) is 1.11. The first-order valence-electron chi connectivity index (χ1n) is 4.33. The Balaban J connectivity index is 1.99. The second-order valence-corrected chi connectivity index (χ2v) is 2.96. The second kappa shape index (κ2) is 4.00. The van der Waals surface area contributed by atoms with Gasteiger partial charge in [0.25, 0.3) is 0 Å². The Morgan fingerprint density at radius 1 is 1.40 bits per heavy atom. The minimum absolute atomic E-state index is 0.174. The molecule has 0 aliphatic rings. The summed E-state index contributed by atoms with van der Waals surface area (Å²) in [7, 11) is 0. The molecule has 0 aliphatic heterocycles. The van der Waals surface area contributed by atoms with Crippen molar-refractivity contribution in [3.8, 4) is 5.75 Å². The minimum Gasteiger partial charge on any atom is -0.485 e. The molecule has 0 atom stereocenters. The Kier molecular flexibility index (Phi) is 2.53. The molecule has 0 spiro atoms. The highest BCUT2D eigenvalue weighted by Gasteiger charge is 2.02. The van der Waals surface area contributed by atoms with Crippen molar-refractivity contribution in [3.05, 3.63) is 41.9 Å². The largest absolute Gasteiger partial charge is 0.485 e. The van der Waals surface area contributed by atoms with Gasteiger partial charge in [-0.15, -0.1) is 0 Å². The van der Waals surface area contributed by atoms with Crippen molar-refractivity contribution in [2.45, 2.75) is 6.61 Å². The fourth-order valence-corrected chi connectivity index (χ4v) is 1.11. The molecule has 78 valence electrons. The molecule has 5 heteroatoms. The van der Waals surface area contributed by atoms with Crippen LogP contribution in [-0.4, -0.2) is 5.16 Å². The highest BCUT2D eigenvalue weighted by molar-refractivity contribution is 5.27. The van der Waals surface area contributed by atoms with Gasteiger partial charge in [-0.3, -0.25) is 0 Å². The lowest BCUT2D eigenvalue weighted by atomic mass is 10.3. The quantitative estimate of drug-likeness (QED) is 0.837. The van der Waals surface area contributed by atoms with Crippen molar-refractivity contribution in [2.24, 2.45) is 0 Å². The molecular weight excluding hydrogens is 199 g/mol. The summed E-state index contributed by atoms with van der Waals surface area (Å²) in [5.74, 6) is 0.888. The molecule has 0 amide bonds. The number of ether oxygens (including phenoxy) is 1. The maximum Gasteiger partial charge on any atom is 0.176 e. The van der Waals surface area contributed by atoms with E-state index in [4.69, 9.17) is 15.0 Å². The molecule has 1 aromatic carbocycles. The van der Waals surface area contributed by atoms with E-state index >= 15 is 0 Å². The molecule has 0 saturated carbocycles. The average Bonchev–Trinajstić information content (AvgIpc) is 2.62. The lowest BCUT2D eigenvalue weighted by Gasteiger charge is -2.02. The molecule has 0 fully saturated rings. The number of hydrogen-bond acceptors (Lipinski definition) is 4. The van der Waals surface area contributed by atoms with Crippen LogP contribution in [0, 0.1) is 5.82 Å². The van der Waals surface area contributed by atoms with Gasteiger partial charge in [-0.1, -0.05) is 11.2 Å². The number of rotatable bonds is 3. The van der Waals surface area contributed by atoms with Crippen LogP contribution >= 0.6 is 0 Å². The maximum absolute atomic E-state index is 12.8. The third kappa shape index (κ3) is 2.46. The van der Waals surface area contributed by atoms with Gasteiger partial charge < -0.3 is 15.0 Å². The lowest BCUT2D eigenvalue weighted by Crippen LogP contribution is -1.93. The first-order chi connectivity index (χ1) is 7.24. The third-order valence-electron chi connectivity index (χ3n) is 1.75. The van der Waals surface area contributed by atoms with Crippen LogP contribution in [0.15, 0.2) is 34.9 Å². The zero-order valence-electron chi connectivity index (χ0n) is 7.81. The number of hydrogen-bond donors (Lipinski definition) is 1. The maximum atomic E-state index is 12.8. The van der Waals surface area contributed by atoms with E-state index in [2.05, 4.69) is 5.16 Å². The number of nitrogens with zero attached hydrogens (tertiary/aromatic N) is 1. The van der Waals surface area contributed by atoms with E-state index < -0.39 is 0 Å². The summed E-state index contributed by atoms with van der Waals surface area (Å²) in [6, 6.07) is 7.42. The van der Waals surface area contributed by atoms with Crippen LogP contribution in [0.4, 0.5) is 10.2 Å². The van der Waals surface area contributed by atoms with Gasteiger partial charge in [0.05, 0.1) is 0 Å². The zero-order chi connectivity index (χ0) is 10.7. The van der Waals surface area contributed by atoms with Crippen LogP contribution in [0.25, 0.3) is 0 Å². The van der Waals surface area contributed by atoms with E-state index in [1.165, 1.54) is 12.1 Å². The van der Waals surface area contributed by atoms with E-state index in [0.717, 1.165) is 0 Å². The van der Waals surface area contributed by atoms with Crippen LogP contribution in [0.3, 0.4) is 0 Å². The molecule has 4 nitrogen and oxygen atoms in total. The highest BCUT2D eigenvalue weighted by Crippen LogP contribution is 2.14. The van der Waals surface area contributed by atoms with Crippen molar-refractivity contribution in [3.63, 3.8) is 0 Å². The van der Waals surface area contributed by atoms with Crippen LogP contribution in [0.1, 0.15) is 5.76 Å². The van der Waals surface area contributed by atoms with Gasteiger partial charge in [0.1, 0.15) is 18.2 Å². The summed E-state index contributed by atoms with van der Waals surface area (Å²) >= 11 is 0. The predicted octanol–water partition coefficient (Wildman–Crippen LogP) is 1.97. The first kappa shape index (κ1) is 9.51. The zero-order valence-corrected chi connectivity index (χ0v) is 7.81. The molecule has 1 aromatic heterocycles.